The highest BCUT2D eigenvalue weighted by Gasteiger charge is 2.23. The van der Waals surface area contributed by atoms with Gasteiger partial charge in [-0.1, -0.05) is 18.5 Å². The maximum atomic E-state index is 10.5. The zero-order valence-corrected chi connectivity index (χ0v) is 5.70. The molecule has 0 radical (unpaired) electrons. The molecule has 48 valence electrons. The minimum atomic E-state index is -1.66. The van der Waals surface area contributed by atoms with Gasteiger partial charge in [-0.2, -0.15) is 0 Å². The second kappa shape index (κ2) is 2.46. The molecule has 1 atom stereocenters. The first-order valence-electron chi connectivity index (χ1n) is 2.43. The molecule has 0 aromatic heterocycles. The van der Waals surface area contributed by atoms with E-state index in [0.29, 0.717) is 0 Å². The summed E-state index contributed by atoms with van der Waals surface area (Å²) in [5, 5.41) is 7.04. The van der Waals surface area contributed by atoms with Gasteiger partial charge in [0.2, 0.25) is 0 Å². The SMILES string of the molecule is CCC(=O)C(C)(O)Cl. The largest absolute Gasteiger partial charge is 0.369 e. The van der Waals surface area contributed by atoms with Crippen LogP contribution in [0.4, 0.5) is 0 Å². The van der Waals surface area contributed by atoms with E-state index >= 15 is 0 Å². The van der Waals surface area contributed by atoms with Gasteiger partial charge in [-0.3, -0.25) is 4.79 Å². The Balaban J connectivity index is 3.82. The smallest absolute Gasteiger partial charge is 0.194 e. The average molecular weight is 137 g/mol. The Kier molecular flexibility index (Phi) is 2.44. The summed E-state index contributed by atoms with van der Waals surface area (Å²) in [6, 6.07) is 0. The lowest BCUT2D eigenvalue weighted by molar-refractivity contribution is -0.128. The summed E-state index contributed by atoms with van der Waals surface area (Å²) in [7, 11) is 0. The fraction of sp³-hybridized carbons (Fsp3) is 0.800. The molecule has 0 aromatic rings. The standard InChI is InChI=1S/C5H9ClO2/c1-3-4(7)5(2,6)8/h8H,3H2,1-2H3. The Morgan fingerprint density at radius 3 is 2.25 bits per heavy atom. The zero-order valence-electron chi connectivity index (χ0n) is 4.94. The van der Waals surface area contributed by atoms with E-state index in [1.54, 1.807) is 6.92 Å². The topological polar surface area (TPSA) is 37.3 Å². The van der Waals surface area contributed by atoms with Crippen LogP contribution in [0.3, 0.4) is 0 Å². The first-order valence-corrected chi connectivity index (χ1v) is 2.81. The van der Waals surface area contributed by atoms with Gasteiger partial charge in [-0.25, -0.2) is 0 Å². The number of carbonyl (C=O) groups excluding carboxylic acids is 1. The van der Waals surface area contributed by atoms with Crippen molar-refractivity contribution in [2.24, 2.45) is 0 Å². The fourth-order valence-corrected chi connectivity index (χ4v) is 0.456. The maximum Gasteiger partial charge on any atom is 0.194 e. The first kappa shape index (κ1) is 7.92. The van der Waals surface area contributed by atoms with Crippen molar-refractivity contribution in [3.8, 4) is 0 Å². The van der Waals surface area contributed by atoms with Crippen molar-refractivity contribution < 1.29 is 9.90 Å². The molecular weight excluding hydrogens is 128 g/mol. The summed E-state index contributed by atoms with van der Waals surface area (Å²) >= 11 is 5.19. The maximum absolute atomic E-state index is 10.5. The van der Waals surface area contributed by atoms with E-state index in [1.165, 1.54) is 6.92 Å². The normalized spacial score (nSPS) is 17.5. The van der Waals surface area contributed by atoms with Crippen molar-refractivity contribution in [3.05, 3.63) is 0 Å². The molecule has 0 saturated heterocycles. The van der Waals surface area contributed by atoms with Gasteiger partial charge in [-0.05, 0) is 6.92 Å². The van der Waals surface area contributed by atoms with Crippen LogP contribution >= 0.6 is 11.6 Å². The van der Waals surface area contributed by atoms with Gasteiger partial charge in [0, 0.05) is 6.42 Å². The lowest BCUT2D eigenvalue weighted by Gasteiger charge is -2.09. The summed E-state index contributed by atoms with van der Waals surface area (Å²) in [6.07, 6.45) is 0.274. The predicted molar refractivity (Wildman–Crippen MR) is 31.8 cm³/mol. The molecule has 0 saturated carbocycles. The third-order valence-electron chi connectivity index (χ3n) is 0.830. The second-order valence-electron chi connectivity index (χ2n) is 1.73. The van der Waals surface area contributed by atoms with Crippen molar-refractivity contribution in [1.82, 2.24) is 0 Å². The number of rotatable bonds is 2. The van der Waals surface area contributed by atoms with Crippen LogP contribution in [-0.2, 0) is 4.79 Å². The van der Waals surface area contributed by atoms with E-state index in [1.807, 2.05) is 0 Å². The van der Waals surface area contributed by atoms with Crippen LogP contribution in [-0.4, -0.2) is 16.0 Å². The minimum Gasteiger partial charge on any atom is -0.369 e. The van der Waals surface area contributed by atoms with E-state index in [2.05, 4.69) is 0 Å². The number of carbonyl (C=O) groups is 1. The number of Topliss-reactive ketones (excluding diaryl/α,β-unsaturated/α-hetero) is 1. The van der Waals surface area contributed by atoms with Crippen molar-refractivity contribution in [2.45, 2.75) is 25.3 Å². The van der Waals surface area contributed by atoms with Crippen molar-refractivity contribution in [2.75, 3.05) is 0 Å². The van der Waals surface area contributed by atoms with E-state index < -0.39 is 5.06 Å². The third-order valence-corrected chi connectivity index (χ3v) is 1.04. The lowest BCUT2D eigenvalue weighted by Crippen LogP contribution is -2.26. The highest BCUT2D eigenvalue weighted by molar-refractivity contribution is 6.33. The number of hydrogen-bond acceptors (Lipinski definition) is 2. The van der Waals surface area contributed by atoms with Gasteiger partial charge in [0.05, 0.1) is 0 Å². The molecule has 0 aliphatic heterocycles. The highest BCUT2D eigenvalue weighted by Crippen LogP contribution is 2.11. The predicted octanol–water partition coefficient (Wildman–Crippen LogP) is 0.913. The van der Waals surface area contributed by atoms with Gasteiger partial charge < -0.3 is 5.11 Å². The summed E-state index contributed by atoms with van der Waals surface area (Å²) in [5.41, 5.74) is 0. The molecule has 1 unspecified atom stereocenters. The number of halogens is 1. The molecule has 0 aliphatic carbocycles. The molecule has 0 aromatic carbocycles. The molecule has 1 N–H and O–H groups in total. The van der Waals surface area contributed by atoms with Crippen molar-refractivity contribution in [1.29, 1.82) is 0 Å². The monoisotopic (exact) mass is 136 g/mol. The third kappa shape index (κ3) is 2.28. The van der Waals surface area contributed by atoms with Gasteiger partial charge in [0.15, 0.2) is 10.8 Å². The van der Waals surface area contributed by atoms with Crippen LogP contribution < -0.4 is 0 Å². The first-order chi connectivity index (χ1) is 3.48. The van der Waals surface area contributed by atoms with Gasteiger partial charge in [0.1, 0.15) is 0 Å². The van der Waals surface area contributed by atoms with Crippen LogP contribution in [0.15, 0.2) is 0 Å². The Labute approximate surface area is 53.5 Å². The van der Waals surface area contributed by atoms with Gasteiger partial charge in [-0.15, -0.1) is 0 Å². The minimum absolute atomic E-state index is 0.274. The van der Waals surface area contributed by atoms with Crippen LogP contribution in [0.2, 0.25) is 0 Å². The summed E-state index contributed by atoms with van der Waals surface area (Å²) in [6.45, 7) is 2.92. The highest BCUT2D eigenvalue weighted by atomic mass is 35.5. The van der Waals surface area contributed by atoms with E-state index in [-0.39, 0.29) is 12.2 Å². The molecule has 2 nitrogen and oxygen atoms in total. The Morgan fingerprint density at radius 2 is 2.25 bits per heavy atom. The Morgan fingerprint density at radius 1 is 1.88 bits per heavy atom. The number of alkyl halides is 1. The fourth-order valence-electron chi connectivity index (χ4n) is 0.323. The average Bonchev–Trinajstić information content (AvgIpc) is 1.62. The van der Waals surface area contributed by atoms with Crippen molar-refractivity contribution >= 4 is 17.4 Å². The molecule has 8 heavy (non-hydrogen) atoms. The molecule has 0 spiro atoms. The van der Waals surface area contributed by atoms with E-state index in [4.69, 9.17) is 16.7 Å². The number of aliphatic hydroxyl groups is 1. The Hall–Kier alpha value is -0.0800. The lowest BCUT2D eigenvalue weighted by atomic mass is 10.2. The Bertz CT molecular complexity index is 93.1. The van der Waals surface area contributed by atoms with Crippen LogP contribution in [0, 0.1) is 0 Å². The molecule has 3 heteroatoms. The summed E-state index contributed by atoms with van der Waals surface area (Å²) in [5.74, 6) is -0.348. The van der Waals surface area contributed by atoms with Gasteiger partial charge in [0.25, 0.3) is 0 Å². The molecule has 0 fully saturated rings. The quantitative estimate of drug-likeness (QED) is 0.573. The van der Waals surface area contributed by atoms with Gasteiger partial charge >= 0.3 is 0 Å². The molecule has 0 heterocycles. The van der Waals surface area contributed by atoms with E-state index in [9.17, 15) is 4.79 Å². The van der Waals surface area contributed by atoms with Crippen LogP contribution in [0.25, 0.3) is 0 Å². The number of hydrogen-bond donors (Lipinski definition) is 1. The molecule has 0 aliphatic rings. The van der Waals surface area contributed by atoms with Crippen LogP contribution in [0.5, 0.6) is 0 Å². The van der Waals surface area contributed by atoms with Crippen molar-refractivity contribution in [3.63, 3.8) is 0 Å². The molecule has 0 amide bonds. The van der Waals surface area contributed by atoms with E-state index in [0.717, 1.165) is 0 Å². The molecule has 0 rings (SSSR count). The zero-order chi connectivity index (χ0) is 6.78. The molecular formula is C5H9ClO2. The number of ketones is 1. The second-order valence-corrected chi connectivity index (χ2v) is 2.47. The van der Waals surface area contributed by atoms with Crippen LogP contribution in [0.1, 0.15) is 20.3 Å². The summed E-state index contributed by atoms with van der Waals surface area (Å²) in [4.78, 5) is 10.5. The summed E-state index contributed by atoms with van der Waals surface area (Å²) < 4.78 is 0. The molecule has 0 bridgehead atoms.